The van der Waals surface area contributed by atoms with Gasteiger partial charge in [-0.15, -0.1) is 0 Å². The van der Waals surface area contributed by atoms with Crippen molar-refractivity contribution in [3.8, 4) is 0 Å². The van der Waals surface area contributed by atoms with Crippen LogP contribution in [-0.4, -0.2) is 63.5 Å². The van der Waals surface area contributed by atoms with E-state index in [0.29, 0.717) is 32.7 Å². The van der Waals surface area contributed by atoms with Gasteiger partial charge in [0.1, 0.15) is 0 Å². The summed E-state index contributed by atoms with van der Waals surface area (Å²) in [5, 5.41) is 0. The highest BCUT2D eigenvalue weighted by atomic mass is 32.2. The van der Waals surface area contributed by atoms with Gasteiger partial charge >= 0.3 is 0 Å². The third-order valence-electron chi connectivity index (χ3n) is 3.61. The van der Waals surface area contributed by atoms with Crippen molar-refractivity contribution in [2.75, 3.05) is 40.4 Å². The van der Waals surface area contributed by atoms with Gasteiger partial charge < -0.3 is 10.5 Å². The summed E-state index contributed by atoms with van der Waals surface area (Å²) in [4.78, 5) is 0. The van der Waals surface area contributed by atoms with E-state index in [-0.39, 0.29) is 11.5 Å². The second kappa shape index (κ2) is 5.83. The number of piperidine rings is 1. The number of nitrogens with zero attached hydrogens (tertiary/aromatic N) is 2. The predicted octanol–water partition coefficient (Wildman–Crippen LogP) is -0.131. The molecular weight excluding hydrogens is 254 g/mol. The van der Waals surface area contributed by atoms with E-state index in [1.807, 2.05) is 13.8 Å². The van der Waals surface area contributed by atoms with Gasteiger partial charge in [-0.05, 0) is 11.8 Å². The molecule has 0 aromatic carbocycles. The van der Waals surface area contributed by atoms with Crippen LogP contribution in [-0.2, 0) is 14.9 Å². The molecule has 1 aliphatic heterocycles. The van der Waals surface area contributed by atoms with Crippen LogP contribution in [0.5, 0.6) is 0 Å². The molecule has 0 aromatic rings. The van der Waals surface area contributed by atoms with E-state index in [4.69, 9.17) is 10.5 Å². The molecule has 1 unspecified atom stereocenters. The first-order valence-electron chi connectivity index (χ1n) is 6.18. The van der Waals surface area contributed by atoms with Crippen LogP contribution in [0, 0.1) is 5.41 Å². The first kappa shape index (κ1) is 15.8. The zero-order valence-corrected chi connectivity index (χ0v) is 12.5. The molecule has 1 fully saturated rings. The normalized spacial score (nSPS) is 25.6. The second-order valence-corrected chi connectivity index (χ2v) is 7.57. The van der Waals surface area contributed by atoms with Crippen LogP contribution in [0.3, 0.4) is 0 Å². The topological polar surface area (TPSA) is 75.9 Å². The fraction of sp³-hybridized carbons (Fsp3) is 1.00. The van der Waals surface area contributed by atoms with Crippen molar-refractivity contribution in [1.29, 1.82) is 0 Å². The molecule has 0 aliphatic carbocycles. The van der Waals surface area contributed by atoms with E-state index in [9.17, 15) is 8.42 Å². The van der Waals surface area contributed by atoms with Gasteiger partial charge in [-0.2, -0.15) is 17.0 Å². The second-order valence-electron chi connectivity index (χ2n) is 5.54. The van der Waals surface area contributed by atoms with Crippen LogP contribution in [0.15, 0.2) is 0 Å². The Balaban J connectivity index is 2.74. The van der Waals surface area contributed by atoms with E-state index in [0.717, 1.165) is 0 Å². The van der Waals surface area contributed by atoms with Gasteiger partial charge in [-0.1, -0.05) is 13.8 Å². The summed E-state index contributed by atoms with van der Waals surface area (Å²) in [5.41, 5.74) is 5.83. The fourth-order valence-electron chi connectivity index (χ4n) is 2.05. The highest BCUT2D eigenvalue weighted by molar-refractivity contribution is 7.86. The smallest absolute Gasteiger partial charge is 0.281 e. The molecule has 1 saturated heterocycles. The van der Waals surface area contributed by atoms with Gasteiger partial charge in [0.15, 0.2) is 0 Å². The summed E-state index contributed by atoms with van der Waals surface area (Å²) in [5.74, 6) is 0. The van der Waals surface area contributed by atoms with E-state index in [2.05, 4.69) is 0 Å². The number of likely N-dealkylation sites (N-methyl/N-ethyl adjacent to an activating group) is 1. The molecule has 0 amide bonds. The van der Waals surface area contributed by atoms with Crippen LogP contribution >= 0.6 is 0 Å². The largest absolute Gasteiger partial charge is 0.383 e. The molecule has 0 spiro atoms. The van der Waals surface area contributed by atoms with Crippen molar-refractivity contribution in [1.82, 2.24) is 8.61 Å². The third-order valence-corrected chi connectivity index (χ3v) is 5.54. The zero-order valence-electron chi connectivity index (χ0n) is 11.7. The number of ether oxygens (including phenoxy) is 1. The summed E-state index contributed by atoms with van der Waals surface area (Å²) in [7, 11) is -0.259. The Labute approximate surface area is 110 Å². The van der Waals surface area contributed by atoms with Gasteiger partial charge in [0.25, 0.3) is 10.2 Å². The Morgan fingerprint density at radius 3 is 2.61 bits per heavy atom. The van der Waals surface area contributed by atoms with E-state index < -0.39 is 10.2 Å². The SMILES string of the molecule is COCCN(C)S(=O)(=O)N1CCC(N)C(C)(C)C1. The molecule has 0 aromatic heterocycles. The van der Waals surface area contributed by atoms with Crippen LogP contribution < -0.4 is 5.73 Å². The van der Waals surface area contributed by atoms with Crippen LogP contribution in [0.25, 0.3) is 0 Å². The van der Waals surface area contributed by atoms with Crippen molar-refractivity contribution in [2.24, 2.45) is 11.1 Å². The van der Waals surface area contributed by atoms with E-state index in [1.54, 1.807) is 14.2 Å². The Kier molecular flexibility index (Phi) is 5.13. The molecule has 0 bridgehead atoms. The molecule has 0 saturated carbocycles. The lowest BCUT2D eigenvalue weighted by molar-refractivity contribution is 0.144. The van der Waals surface area contributed by atoms with E-state index >= 15 is 0 Å². The molecule has 6 nitrogen and oxygen atoms in total. The maximum atomic E-state index is 12.3. The minimum atomic E-state index is -3.40. The lowest BCUT2D eigenvalue weighted by atomic mass is 9.81. The zero-order chi connectivity index (χ0) is 14.0. The average Bonchev–Trinajstić information content (AvgIpc) is 2.29. The number of methoxy groups -OCH3 is 1. The van der Waals surface area contributed by atoms with Gasteiger partial charge in [-0.3, -0.25) is 0 Å². The van der Waals surface area contributed by atoms with Gasteiger partial charge in [-0.25, -0.2) is 0 Å². The molecule has 1 rings (SSSR count). The lowest BCUT2D eigenvalue weighted by Crippen LogP contribution is -2.56. The van der Waals surface area contributed by atoms with E-state index in [1.165, 1.54) is 8.61 Å². The fourth-order valence-corrected chi connectivity index (χ4v) is 3.59. The summed E-state index contributed by atoms with van der Waals surface area (Å²) in [6.45, 7) is 5.73. The molecule has 0 radical (unpaired) electrons. The Bertz CT molecular complexity index is 370. The van der Waals surface area contributed by atoms with Gasteiger partial charge in [0.2, 0.25) is 0 Å². The van der Waals surface area contributed by atoms with Crippen LogP contribution in [0.1, 0.15) is 20.3 Å². The molecular formula is C11H25N3O3S. The first-order valence-corrected chi connectivity index (χ1v) is 7.57. The predicted molar refractivity (Wildman–Crippen MR) is 71.4 cm³/mol. The monoisotopic (exact) mass is 279 g/mol. The summed E-state index contributed by atoms with van der Waals surface area (Å²) < 4.78 is 32.4. The molecule has 2 N–H and O–H groups in total. The first-order chi connectivity index (χ1) is 8.21. The Morgan fingerprint density at radius 2 is 2.11 bits per heavy atom. The number of hydrogen-bond donors (Lipinski definition) is 1. The third kappa shape index (κ3) is 3.42. The maximum absolute atomic E-state index is 12.3. The minimum absolute atomic E-state index is 0.0493. The number of hydrogen-bond acceptors (Lipinski definition) is 4. The quantitative estimate of drug-likeness (QED) is 0.760. The lowest BCUT2D eigenvalue weighted by Gasteiger charge is -2.42. The van der Waals surface area contributed by atoms with Crippen molar-refractivity contribution < 1.29 is 13.2 Å². The van der Waals surface area contributed by atoms with Crippen molar-refractivity contribution in [3.63, 3.8) is 0 Å². The molecule has 108 valence electrons. The Morgan fingerprint density at radius 1 is 1.50 bits per heavy atom. The summed E-state index contributed by atoms with van der Waals surface area (Å²) >= 11 is 0. The van der Waals surface area contributed by atoms with Gasteiger partial charge in [0.05, 0.1) is 6.61 Å². The van der Waals surface area contributed by atoms with Crippen molar-refractivity contribution in [3.05, 3.63) is 0 Å². The molecule has 7 heteroatoms. The van der Waals surface area contributed by atoms with Crippen LogP contribution in [0.4, 0.5) is 0 Å². The average molecular weight is 279 g/mol. The van der Waals surface area contributed by atoms with Crippen molar-refractivity contribution >= 4 is 10.2 Å². The number of nitrogens with two attached hydrogens (primary N) is 1. The van der Waals surface area contributed by atoms with Crippen LogP contribution in [0.2, 0.25) is 0 Å². The molecule has 1 atom stereocenters. The highest BCUT2D eigenvalue weighted by Gasteiger charge is 2.39. The highest BCUT2D eigenvalue weighted by Crippen LogP contribution is 2.29. The maximum Gasteiger partial charge on any atom is 0.281 e. The standard InChI is InChI=1S/C11H25N3O3S/c1-11(2)9-14(6-5-10(11)12)18(15,16)13(3)7-8-17-4/h10H,5-9,12H2,1-4H3. The Hall–Kier alpha value is -0.210. The van der Waals surface area contributed by atoms with Gasteiger partial charge in [0, 0.05) is 39.8 Å². The number of rotatable bonds is 5. The van der Waals surface area contributed by atoms with Crippen molar-refractivity contribution in [2.45, 2.75) is 26.3 Å². The molecule has 1 heterocycles. The minimum Gasteiger partial charge on any atom is -0.383 e. The summed E-state index contributed by atoms with van der Waals surface area (Å²) in [6, 6.07) is 0.0493. The molecule has 1 aliphatic rings. The molecule has 18 heavy (non-hydrogen) atoms. The summed E-state index contributed by atoms with van der Waals surface area (Å²) in [6.07, 6.45) is 0.699.